The van der Waals surface area contributed by atoms with E-state index in [1.165, 1.54) is 6.20 Å². The van der Waals surface area contributed by atoms with E-state index in [2.05, 4.69) is 9.71 Å². The summed E-state index contributed by atoms with van der Waals surface area (Å²) < 4.78 is 26.7. The first kappa shape index (κ1) is 11.6. The summed E-state index contributed by atoms with van der Waals surface area (Å²) in [5, 5.41) is 0. The molecule has 90 valence electrons. The highest BCUT2D eigenvalue weighted by Crippen LogP contribution is 2.32. The number of H-pyrrole nitrogens is 1. The molecule has 0 unspecified atom stereocenters. The first-order chi connectivity index (χ1) is 7.45. The third-order valence-corrected chi connectivity index (χ3v) is 4.70. The van der Waals surface area contributed by atoms with Crippen molar-refractivity contribution >= 4 is 10.0 Å². The SMILES string of the molecule is CC1(NS(=O)(=O)c2c[nH]c(CN)c2)CCC1. The quantitative estimate of drug-likeness (QED) is 0.727. The van der Waals surface area contributed by atoms with Crippen molar-refractivity contribution < 1.29 is 8.42 Å². The minimum Gasteiger partial charge on any atom is -0.363 e. The number of nitrogens with one attached hydrogen (secondary N) is 2. The van der Waals surface area contributed by atoms with Gasteiger partial charge in [0.2, 0.25) is 10.0 Å². The summed E-state index contributed by atoms with van der Waals surface area (Å²) in [6.07, 6.45) is 4.37. The van der Waals surface area contributed by atoms with Crippen LogP contribution in [0.2, 0.25) is 0 Å². The highest BCUT2D eigenvalue weighted by Gasteiger charge is 2.36. The van der Waals surface area contributed by atoms with E-state index in [4.69, 9.17) is 5.73 Å². The summed E-state index contributed by atoms with van der Waals surface area (Å²) in [6.45, 7) is 2.25. The molecule has 1 aliphatic rings. The second-order valence-electron chi connectivity index (χ2n) is 4.58. The molecule has 5 nitrogen and oxygen atoms in total. The number of sulfonamides is 1. The molecule has 0 spiro atoms. The third-order valence-electron chi connectivity index (χ3n) is 3.08. The van der Waals surface area contributed by atoms with Crippen molar-refractivity contribution in [2.75, 3.05) is 0 Å². The van der Waals surface area contributed by atoms with Gasteiger partial charge in [-0.3, -0.25) is 0 Å². The van der Waals surface area contributed by atoms with Gasteiger partial charge in [-0.05, 0) is 32.3 Å². The molecular formula is C10H17N3O2S. The molecule has 2 rings (SSSR count). The molecule has 1 aliphatic carbocycles. The Kier molecular flexibility index (Phi) is 2.81. The van der Waals surface area contributed by atoms with Gasteiger partial charge >= 0.3 is 0 Å². The van der Waals surface area contributed by atoms with Gasteiger partial charge in [0.15, 0.2) is 0 Å². The Morgan fingerprint density at radius 3 is 2.69 bits per heavy atom. The van der Waals surface area contributed by atoms with E-state index in [0.29, 0.717) is 6.54 Å². The second-order valence-corrected chi connectivity index (χ2v) is 6.27. The van der Waals surface area contributed by atoms with Crippen LogP contribution < -0.4 is 10.5 Å². The minimum absolute atomic E-state index is 0.265. The topological polar surface area (TPSA) is 88.0 Å². The van der Waals surface area contributed by atoms with E-state index in [9.17, 15) is 8.42 Å². The molecule has 1 aromatic rings. The molecule has 1 heterocycles. The van der Waals surface area contributed by atoms with Crippen molar-refractivity contribution in [3.8, 4) is 0 Å². The summed E-state index contributed by atoms with van der Waals surface area (Å²) >= 11 is 0. The fraction of sp³-hybridized carbons (Fsp3) is 0.600. The smallest absolute Gasteiger partial charge is 0.242 e. The van der Waals surface area contributed by atoms with Crippen molar-refractivity contribution in [1.82, 2.24) is 9.71 Å². The lowest BCUT2D eigenvalue weighted by Gasteiger charge is -2.38. The lowest BCUT2D eigenvalue weighted by molar-refractivity contribution is 0.248. The number of hydrogen-bond acceptors (Lipinski definition) is 3. The van der Waals surface area contributed by atoms with Crippen LogP contribution in [0.25, 0.3) is 0 Å². The van der Waals surface area contributed by atoms with E-state index in [0.717, 1.165) is 25.0 Å². The first-order valence-electron chi connectivity index (χ1n) is 5.37. The summed E-state index contributed by atoms with van der Waals surface area (Å²) in [5.41, 5.74) is 5.88. The lowest BCUT2D eigenvalue weighted by atomic mass is 9.80. The van der Waals surface area contributed by atoms with Crippen molar-refractivity contribution in [3.63, 3.8) is 0 Å². The zero-order valence-corrected chi connectivity index (χ0v) is 10.1. The summed E-state index contributed by atoms with van der Waals surface area (Å²) in [4.78, 5) is 3.10. The predicted octanol–water partition coefficient (Wildman–Crippen LogP) is 0.694. The van der Waals surface area contributed by atoms with Crippen LogP contribution in [0, 0.1) is 0 Å². The van der Waals surface area contributed by atoms with E-state index in [1.807, 2.05) is 6.92 Å². The number of hydrogen-bond donors (Lipinski definition) is 3. The first-order valence-corrected chi connectivity index (χ1v) is 6.85. The van der Waals surface area contributed by atoms with Gasteiger partial charge in [0, 0.05) is 24.0 Å². The Morgan fingerprint density at radius 2 is 2.25 bits per heavy atom. The molecule has 0 bridgehead atoms. The Bertz CT molecular complexity index is 474. The highest BCUT2D eigenvalue weighted by molar-refractivity contribution is 7.89. The van der Waals surface area contributed by atoms with Crippen LogP contribution in [0.4, 0.5) is 0 Å². The van der Waals surface area contributed by atoms with E-state index in [1.54, 1.807) is 6.07 Å². The Morgan fingerprint density at radius 1 is 1.56 bits per heavy atom. The van der Waals surface area contributed by atoms with Gasteiger partial charge < -0.3 is 10.7 Å². The van der Waals surface area contributed by atoms with Gasteiger partial charge in [-0.2, -0.15) is 0 Å². The highest BCUT2D eigenvalue weighted by atomic mass is 32.2. The van der Waals surface area contributed by atoms with Crippen molar-refractivity contribution in [3.05, 3.63) is 18.0 Å². The summed E-state index contributed by atoms with van der Waals surface area (Å²) in [7, 11) is -3.40. The van der Waals surface area contributed by atoms with Gasteiger partial charge in [-0.25, -0.2) is 13.1 Å². The maximum absolute atomic E-state index is 12.0. The average molecular weight is 243 g/mol. The van der Waals surface area contributed by atoms with Crippen LogP contribution >= 0.6 is 0 Å². The number of rotatable bonds is 4. The van der Waals surface area contributed by atoms with E-state index < -0.39 is 10.0 Å². The van der Waals surface area contributed by atoms with Gasteiger partial charge in [0.1, 0.15) is 0 Å². The third kappa shape index (κ3) is 2.14. The number of aromatic nitrogens is 1. The zero-order valence-electron chi connectivity index (χ0n) is 9.29. The molecule has 1 fully saturated rings. The van der Waals surface area contributed by atoms with E-state index in [-0.39, 0.29) is 10.4 Å². The molecule has 0 aliphatic heterocycles. The molecule has 1 aromatic heterocycles. The minimum atomic E-state index is -3.40. The predicted molar refractivity (Wildman–Crippen MR) is 61.3 cm³/mol. The normalized spacial score (nSPS) is 19.4. The monoisotopic (exact) mass is 243 g/mol. The van der Waals surface area contributed by atoms with Crippen molar-refractivity contribution in [2.24, 2.45) is 5.73 Å². The fourth-order valence-electron chi connectivity index (χ4n) is 1.88. The second kappa shape index (κ2) is 3.87. The van der Waals surface area contributed by atoms with Gasteiger partial charge in [-0.15, -0.1) is 0 Å². The van der Waals surface area contributed by atoms with Crippen LogP contribution in [-0.4, -0.2) is 18.9 Å². The van der Waals surface area contributed by atoms with Gasteiger partial charge in [0.25, 0.3) is 0 Å². The molecule has 0 saturated heterocycles. The summed E-state index contributed by atoms with van der Waals surface area (Å²) in [6, 6.07) is 1.57. The van der Waals surface area contributed by atoms with Crippen LogP contribution in [0.5, 0.6) is 0 Å². The molecule has 6 heteroatoms. The molecule has 0 aromatic carbocycles. The molecule has 0 amide bonds. The maximum atomic E-state index is 12.0. The molecule has 0 atom stereocenters. The van der Waals surface area contributed by atoms with Crippen LogP contribution in [-0.2, 0) is 16.6 Å². The van der Waals surface area contributed by atoms with Crippen LogP contribution in [0.15, 0.2) is 17.2 Å². The van der Waals surface area contributed by atoms with Crippen molar-refractivity contribution in [2.45, 2.75) is 43.2 Å². The van der Waals surface area contributed by atoms with Crippen molar-refractivity contribution in [1.29, 1.82) is 0 Å². The van der Waals surface area contributed by atoms with Crippen LogP contribution in [0.1, 0.15) is 31.9 Å². The molecule has 0 radical (unpaired) electrons. The maximum Gasteiger partial charge on any atom is 0.242 e. The molecule has 16 heavy (non-hydrogen) atoms. The lowest BCUT2D eigenvalue weighted by Crippen LogP contribution is -2.50. The zero-order chi connectivity index (χ0) is 11.8. The summed E-state index contributed by atoms with van der Waals surface area (Å²) in [5.74, 6) is 0. The molecule has 4 N–H and O–H groups in total. The van der Waals surface area contributed by atoms with Gasteiger partial charge in [0.05, 0.1) is 4.90 Å². The fourth-order valence-corrected chi connectivity index (χ4v) is 3.37. The number of nitrogens with two attached hydrogens (primary N) is 1. The largest absolute Gasteiger partial charge is 0.363 e. The van der Waals surface area contributed by atoms with Crippen LogP contribution in [0.3, 0.4) is 0 Å². The Hall–Kier alpha value is -0.850. The number of aromatic amines is 1. The molecular weight excluding hydrogens is 226 g/mol. The average Bonchev–Trinajstić information content (AvgIpc) is 2.63. The standard InChI is InChI=1S/C10H17N3O2S/c1-10(3-2-4-10)13-16(14,15)9-5-8(6-11)12-7-9/h5,7,12-13H,2-4,6,11H2,1H3. The molecule has 1 saturated carbocycles. The Balaban J connectivity index is 2.18. The van der Waals surface area contributed by atoms with Gasteiger partial charge in [-0.1, -0.05) is 0 Å². The van der Waals surface area contributed by atoms with E-state index >= 15 is 0 Å². The Labute approximate surface area is 95.5 Å².